The highest BCUT2D eigenvalue weighted by Crippen LogP contribution is 2.68. The number of anilines is 1. The van der Waals surface area contributed by atoms with E-state index in [-0.39, 0.29) is 61.7 Å². The smallest absolute Gasteiger partial charge is 0.293 e. The molecule has 63 heavy (non-hydrogen) atoms. The van der Waals surface area contributed by atoms with Gasteiger partial charge in [0.1, 0.15) is 35.4 Å². The first kappa shape index (κ1) is 41.9. The second-order valence-corrected chi connectivity index (χ2v) is 17.5. The number of aromatic nitrogens is 7. The largest absolute Gasteiger partial charge is 0.481 e. The SMILES string of the molecule is COc1ccc(-c2ccc3c(=O)n(-c4ccc(Cl)c5c(NS(C)(=O)=O)nn(C)c45)c([C@H](Cc4cc(F)cc(F)c4)NC(=O)Cn4nc(C(F)F)c5c4C(F)(F)[C@@H]4C[C@H]54)nc3c2)cn1. The summed E-state index contributed by atoms with van der Waals surface area (Å²) < 4.78 is 124. The molecule has 2 aliphatic carbocycles. The van der Waals surface area contributed by atoms with Crippen LogP contribution in [0.3, 0.4) is 0 Å². The summed E-state index contributed by atoms with van der Waals surface area (Å²) in [5.41, 5.74) is -1.39. The van der Waals surface area contributed by atoms with Crippen molar-refractivity contribution in [2.24, 2.45) is 13.0 Å². The van der Waals surface area contributed by atoms with Crippen molar-refractivity contribution in [2.75, 3.05) is 18.1 Å². The number of hydrogen-bond acceptors (Lipinski definition) is 9. The second kappa shape index (κ2) is 15.1. The molecule has 1 amide bonds. The van der Waals surface area contributed by atoms with E-state index in [0.717, 1.165) is 23.0 Å². The molecule has 4 heterocycles. The van der Waals surface area contributed by atoms with Gasteiger partial charge in [0.25, 0.3) is 17.9 Å². The highest BCUT2D eigenvalue weighted by Gasteiger charge is 2.67. The minimum absolute atomic E-state index is 0.00776. The predicted octanol–water partition coefficient (Wildman–Crippen LogP) is 7.09. The maximum atomic E-state index is 15.5. The van der Waals surface area contributed by atoms with Gasteiger partial charge in [-0.2, -0.15) is 19.0 Å². The minimum Gasteiger partial charge on any atom is -0.481 e. The van der Waals surface area contributed by atoms with Crippen LogP contribution >= 0.6 is 11.6 Å². The molecular weight excluding hydrogens is 880 g/mol. The molecule has 0 radical (unpaired) electrons. The monoisotopic (exact) mass is 911 g/mol. The fourth-order valence-corrected chi connectivity index (χ4v) is 9.17. The van der Waals surface area contributed by atoms with E-state index in [1.807, 2.05) is 0 Å². The third-order valence-electron chi connectivity index (χ3n) is 11.1. The Morgan fingerprint density at radius 3 is 2.43 bits per heavy atom. The van der Waals surface area contributed by atoms with Crippen LogP contribution in [0.2, 0.25) is 5.02 Å². The third kappa shape index (κ3) is 7.41. The zero-order valence-electron chi connectivity index (χ0n) is 33.0. The van der Waals surface area contributed by atoms with Crippen molar-refractivity contribution >= 4 is 55.2 Å². The van der Waals surface area contributed by atoms with Gasteiger partial charge in [0.15, 0.2) is 5.82 Å². The van der Waals surface area contributed by atoms with E-state index in [0.29, 0.717) is 27.8 Å². The summed E-state index contributed by atoms with van der Waals surface area (Å²) in [6.07, 6.45) is -1.26. The van der Waals surface area contributed by atoms with E-state index in [1.54, 1.807) is 24.3 Å². The van der Waals surface area contributed by atoms with Crippen LogP contribution in [0.25, 0.3) is 38.6 Å². The van der Waals surface area contributed by atoms with Crippen LogP contribution in [-0.2, 0) is 40.8 Å². The zero-order chi connectivity index (χ0) is 44.9. The van der Waals surface area contributed by atoms with Crippen molar-refractivity contribution in [2.45, 2.75) is 43.7 Å². The number of sulfonamides is 1. The van der Waals surface area contributed by atoms with Crippen molar-refractivity contribution in [1.29, 1.82) is 0 Å². The van der Waals surface area contributed by atoms with E-state index in [1.165, 1.54) is 43.2 Å². The Labute approximate surface area is 357 Å². The van der Waals surface area contributed by atoms with Crippen molar-refractivity contribution < 1.29 is 44.3 Å². The molecule has 7 aromatic rings. The quantitative estimate of drug-likeness (QED) is 0.122. The summed E-state index contributed by atoms with van der Waals surface area (Å²) in [5.74, 6) is -8.73. The zero-order valence-corrected chi connectivity index (χ0v) is 34.6. The van der Waals surface area contributed by atoms with Gasteiger partial charge in [-0.3, -0.25) is 28.2 Å². The molecule has 4 aromatic heterocycles. The van der Waals surface area contributed by atoms with Crippen molar-refractivity contribution in [1.82, 2.24) is 39.4 Å². The fourth-order valence-electron chi connectivity index (χ4n) is 8.43. The Kier molecular flexibility index (Phi) is 10.0. The van der Waals surface area contributed by atoms with Gasteiger partial charge in [-0.15, -0.1) is 0 Å². The van der Waals surface area contributed by atoms with E-state index in [9.17, 15) is 30.8 Å². The van der Waals surface area contributed by atoms with Crippen LogP contribution in [-0.4, -0.2) is 61.8 Å². The van der Waals surface area contributed by atoms with Gasteiger partial charge in [0, 0.05) is 48.8 Å². The molecule has 2 aliphatic rings. The Bertz CT molecular complexity index is 3190. The van der Waals surface area contributed by atoms with Gasteiger partial charge in [-0.25, -0.2) is 35.9 Å². The fraction of sp³-hybridized carbons (Fsp3) is 0.268. The van der Waals surface area contributed by atoms with Crippen LogP contribution in [0, 0.1) is 17.6 Å². The molecule has 14 nitrogen and oxygen atoms in total. The van der Waals surface area contributed by atoms with E-state index in [2.05, 4.69) is 25.2 Å². The summed E-state index contributed by atoms with van der Waals surface area (Å²) in [7, 11) is -1.01. The molecule has 22 heteroatoms. The maximum Gasteiger partial charge on any atom is 0.293 e. The Morgan fingerprint density at radius 1 is 1.03 bits per heavy atom. The van der Waals surface area contributed by atoms with Gasteiger partial charge in [0.05, 0.1) is 51.9 Å². The highest BCUT2D eigenvalue weighted by atomic mass is 35.5. The summed E-state index contributed by atoms with van der Waals surface area (Å²) in [5, 5.41) is 10.8. The van der Waals surface area contributed by atoms with Gasteiger partial charge < -0.3 is 10.1 Å². The maximum absolute atomic E-state index is 15.5. The Balaban J connectivity index is 1.25. The van der Waals surface area contributed by atoms with Crippen LogP contribution in [0.5, 0.6) is 5.88 Å². The summed E-state index contributed by atoms with van der Waals surface area (Å²) in [4.78, 5) is 38.3. The van der Waals surface area contributed by atoms with E-state index in [4.69, 9.17) is 21.3 Å². The number of rotatable bonds is 12. The Morgan fingerprint density at radius 2 is 1.76 bits per heavy atom. The molecule has 0 aliphatic heterocycles. The molecule has 326 valence electrons. The minimum atomic E-state index is -3.92. The average molecular weight is 912 g/mol. The third-order valence-corrected chi connectivity index (χ3v) is 12.0. The van der Waals surface area contributed by atoms with E-state index >= 15 is 13.6 Å². The first-order valence-electron chi connectivity index (χ1n) is 19.0. The lowest BCUT2D eigenvalue weighted by molar-refractivity contribution is -0.123. The Hall–Kier alpha value is -6.48. The number of fused-ring (bicyclic) bond motifs is 5. The van der Waals surface area contributed by atoms with E-state index < -0.39 is 87.7 Å². The molecule has 3 atom stereocenters. The van der Waals surface area contributed by atoms with Crippen LogP contribution in [0.1, 0.15) is 53.1 Å². The first-order valence-corrected chi connectivity index (χ1v) is 21.3. The van der Waals surface area contributed by atoms with Gasteiger partial charge in [-0.1, -0.05) is 17.7 Å². The number of halogens is 7. The van der Waals surface area contributed by atoms with Crippen LogP contribution in [0.4, 0.5) is 32.2 Å². The summed E-state index contributed by atoms with van der Waals surface area (Å²) >= 11 is 6.63. The first-order chi connectivity index (χ1) is 29.8. The topological polar surface area (TPSA) is 168 Å². The van der Waals surface area contributed by atoms with Gasteiger partial charge >= 0.3 is 0 Å². The number of nitrogens with one attached hydrogen (secondary N) is 2. The number of aryl methyl sites for hydroxylation is 1. The van der Waals surface area contributed by atoms with Gasteiger partial charge in [0.2, 0.25) is 21.8 Å². The molecule has 0 spiro atoms. The molecular formula is C41H32ClF6N9O5S. The number of carbonyl (C=O) groups is 1. The number of pyridine rings is 1. The standard InChI is InChI=1S/C41H32ClF6N9O5S/c1-55-35-29(8-7-26(42)33(35)38(53-55)54-63(3,60)61)57-39(51-27-13-19(4-6-23(27)40(57)59)20-5-9-31(62-2)49-16-20)28(12-18-10-21(43)14-22(44)11-18)50-30(58)17-56-36-32(34(52-56)37(45)46)24-15-25(24)41(36,47)48/h4-11,13-14,16,24-25,28,37H,12,15,17H2,1-3H3,(H,50,58)(H,53,54)/t24-,25+,28-/m0/s1. The van der Waals surface area contributed by atoms with Crippen LogP contribution < -0.4 is 20.3 Å². The predicted molar refractivity (Wildman–Crippen MR) is 218 cm³/mol. The molecule has 0 bridgehead atoms. The number of ether oxygens (including phenoxy) is 1. The molecule has 0 unspecified atom stereocenters. The van der Waals surface area contributed by atoms with Crippen molar-refractivity contribution in [3.63, 3.8) is 0 Å². The van der Waals surface area contributed by atoms with Crippen LogP contribution in [0.15, 0.2) is 71.7 Å². The molecule has 0 saturated heterocycles. The molecule has 1 fully saturated rings. The lowest BCUT2D eigenvalue weighted by Gasteiger charge is -2.24. The molecule has 9 rings (SSSR count). The number of carbonyl (C=O) groups excluding carboxylic acids is 1. The second-order valence-electron chi connectivity index (χ2n) is 15.3. The number of benzene rings is 3. The summed E-state index contributed by atoms with van der Waals surface area (Å²) in [6, 6.07) is 11.9. The number of amides is 1. The number of alkyl halides is 4. The van der Waals surface area contributed by atoms with Gasteiger partial charge in [-0.05, 0) is 65.9 Å². The normalized spacial score (nSPS) is 16.9. The average Bonchev–Trinajstić information content (AvgIpc) is 3.75. The highest BCUT2D eigenvalue weighted by molar-refractivity contribution is 7.92. The lowest BCUT2D eigenvalue weighted by Crippen LogP contribution is -2.38. The summed E-state index contributed by atoms with van der Waals surface area (Å²) in [6.45, 7) is -0.988. The van der Waals surface area contributed by atoms with Crippen molar-refractivity contribution in [3.8, 4) is 22.7 Å². The lowest BCUT2D eigenvalue weighted by atomic mass is 10.0. The molecule has 2 N–H and O–H groups in total. The van der Waals surface area contributed by atoms with Crippen molar-refractivity contribution in [3.05, 3.63) is 122 Å². The number of hydrogen-bond donors (Lipinski definition) is 2. The molecule has 1 saturated carbocycles. The molecule has 3 aromatic carbocycles. The number of nitrogens with zero attached hydrogens (tertiary/aromatic N) is 7. The number of methoxy groups -OCH3 is 1.